The van der Waals surface area contributed by atoms with E-state index in [9.17, 15) is 4.79 Å². The fourth-order valence-corrected chi connectivity index (χ4v) is 2.79. The molecule has 1 aromatic carbocycles. The highest BCUT2D eigenvalue weighted by atomic mass is 16.5. The minimum atomic E-state index is -0.147. The molecule has 1 saturated heterocycles. The summed E-state index contributed by atoms with van der Waals surface area (Å²) in [6.07, 6.45) is 7.61. The Balaban J connectivity index is 1.55. The van der Waals surface area contributed by atoms with Crippen LogP contribution in [0.25, 0.3) is 0 Å². The highest BCUT2D eigenvalue weighted by molar-refractivity contribution is 6.04. The van der Waals surface area contributed by atoms with Crippen LogP contribution >= 0.6 is 0 Å². The van der Waals surface area contributed by atoms with E-state index in [1.54, 1.807) is 18.3 Å². The lowest BCUT2D eigenvalue weighted by molar-refractivity contribution is 0.0662. The van der Waals surface area contributed by atoms with Gasteiger partial charge in [-0.3, -0.25) is 9.48 Å². The maximum atomic E-state index is 12.4. The van der Waals surface area contributed by atoms with E-state index in [4.69, 9.17) is 9.47 Å². The number of nitrogens with zero attached hydrogens (tertiary/aromatic N) is 2. The fraction of sp³-hybridized carbons (Fsp3) is 0.474. The summed E-state index contributed by atoms with van der Waals surface area (Å²) in [6.45, 7) is 4.35. The number of ether oxygens (including phenoxy) is 2. The third-order valence-electron chi connectivity index (χ3n) is 4.31. The minimum Gasteiger partial charge on any atom is -0.494 e. The summed E-state index contributed by atoms with van der Waals surface area (Å²) in [5.41, 5.74) is 1.31. The number of nitrogens with one attached hydrogen (secondary N) is 1. The standard InChI is InChI=1S/C19H25N3O3/c1-2-3-10-25-18-6-4-15(5-7-18)19(23)21-16-13-20-22(14-16)17-8-11-24-12-9-17/h4-7,13-14,17H,2-3,8-12H2,1H3,(H,21,23). The molecule has 2 aromatic rings. The Hall–Kier alpha value is -2.34. The quantitative estimate of drug-likeness (QED) is 0.779. The molecule has 0 unspecified atom stereocenters. The van der Waals surface area contributed by atoms with Crippen molar-refractivity contribution in [2.75, 3.05) is 25.1 Å². The molecule has 25 heavy (non-hydrogen) atoms. The molecule has 3 rings (SSSR count). The van der Waals surface area contributed by atoms with Crippen LogP contribution < -0.4 is 10.1 Å². The molecule has 0 aliphatic carbocycles. The van der Waals surface area contributed by atoms with Gasteiger partial charge in [-0.25, -0.2) is 0 Å². The number of hydrogen-bond acceptors (Lipinski definition) is 4. The Morgan fingerprint density at radius 2 is 2.08 bits per heavy atom. The lowest BCUT2D eigenvalue weighted by Crippen LogP contribution is -2.19. The third kappa shape index (κ3) is 4.82. The van der Waals surface area contributed by atoms with Gasteiger partial charge in [-0.2, -0.15) is 5.10 Å². The van der Waals surface area contributed by atoms with Crippen molar-refractivity contribution in [3.63, 3.8) is 0 Å². The van der Waals surface area contributed by atoms with Gasteiger partial charge in [-0.15, -0.1) is 0 Å². The van der Waals surface area contributed by atoms with Crippen LogP contribution in [0.5, 0.6) is 5.75 Å². The number of benzene rings is 1. The molecule has 134 valence electrons. The van der Waals surface area contributed by atoms with Gasteiger partial charge in [0.25, 0.3) is 5.91 Å². The molecule has 1 aliphatic rings. The van der Waals surface area contributed by atoms with E-state index >= 15 is 0 Å². The number of carbonyl (C=O) groups is 1. The van der Waals surface area contributed by atoms with E-state index < -0.39 is 0 Å². The average Bonchev–Trinajstić information content (AvgIpc) is 3.12. The van der Waals surface area contributed by atoms with Gasteiger partial charge in [0.05, 0.1) is 24.5 Å². The lowest BCUT2D eigenvalue weighted by atomic mass is 10.1. The number of amides is 1. The molecule has 1 amide bonds. The zero-order valence-electron chi connectivity index (χ0n) is 14.6. The summed E-state index contributed by atoms with van der Waals surface area (Å²) >= 11 is 0. The van der Waals surface area contributed by atoms with E-state index in [2.05, 4.69) is 17.3 Å². The molecule has 0 saturated carbocycles. The predicted molar refractivity (Wildman–Crippen MR) is 96.1 cm³/mol. The van der Waals surface area contributed by atoms with Gasteiger partial charge in [-0.05, 0) is 43.5 Å². The van der Waals surface area contributed by atoms with Gasteiger partial charge in [0.2, 0.25) is 0 Å². The highest BCUT2D eigenvalue weighted by Gasteiger charge is 2.17. The number of anilines is 1. The lowest BCUT2D eigenvalue weighted by Gasteiger charge is -2.22. The normalized spacial score (nSPS) is 15.1. The summed E-state index contributed by atoms with van der Waals surface area (Å²) in [7, 11) is 0. The van der Waals surface area contributed by atoms with Crippen molar-refractivity contribution in [3.05, 3.63) is 42.2 Å². The molecule has 6 nitrogen and oxygen atoms in total. The second-order valence-electron chi connectivity index (χ2n) is 6.23. The van der Waals surface area contributed by atoms with Crippen LogP contribution in [0.4, 0.5) is 5.69 Å². The van der Waals surface area contributed by atoms with Crippen molar-refractivity contribution in [1.29, 1.82) is 0 Å². The van der Waals surface area contributed by atoms with Crippen LogP contribution in [0.2, 0.25) is 0 Å². The maximum absolute atomic E-state index is 12.4. The Morgan fingerprint density at radius 1 is 1.32 bits per heavy atom. The van der Waals surface area contributed by atoms with Crippen LogP contribution in [-0.4, -0.2) is 35.5 Å². The zero-order chi connectivity index (χ0) is 17.5. The Morgan fingerprint density at radius 3 is 2.80 bits per heavy atom. The SMILES string of the molecule is CCCCOc1ccc(C(=O)Nc2cnn(C3CCOCC3)c2)cc1. The molecule has 2 heterocycles. The van der Waals surface area contributed by atoms with Gasteiger partial charge in [0, 0.05) is 25.0 Å². The second kappa shape index (κ2) is 8.67. The smallest absolute Gasteiger partial charge is 0.255 e. The molecule has 0 bridgehead atoms. The molecule has 0 radical (unpaired) electrons. The zero-order valence-corrected chi connectivity index (χ0v) is 14.6. The first-order chi connectivity index (χ1) is 12.3. The van der Waals surface area contributed by atoms with Gasteiger partial charge in [-0.1, -0.05) is 13.3 Å². The number of aromatic nitrogens is 2. The summed E-state index contributed by atoms with van der Waals surface area (Å²) < 4.78 is 12.9. The van der Waals surface area contributed by atoms with Crippen LogP contribution in [0.1, 0.15) is 49.0 Å². The van der Waals surface area contributed by atoms with Gasteiger partial charge in [0.1, 0.15) is 5.75 Å². The van der Waals surface area contributed by atoms with Gasteiger partial charge < -0.3 is 14.8 Å². The number of carbonyl (C=O) groups excluding carboxylic acids is 1. The highest BCUT2D eigenvalue weighted by Crippen LogP contribution is 2.22. The van der Waals surface area contributed by atoms with E-state index in [0.717, 1.165) is 44.6 Å². The summed E-state index contributed by atoms with van der Waals surface area (Å²) in [5, 5.41) is 7.26. The van der Waals surface area contributed by atoms with Crippen LogP contribution in [0, 0.1) is 0 Å². The van der Waals surface area contributed by atoms with Crippen molar-refractivity contribution in [3.8, 4) is 5.75 Å². The van der Waals surface area contributed by atoms with Gasteiger partial charge in [0.15, 0.2) is 0 Å². The van der Waals surface area contributed by atoms with Crippen molar-refractivity contribution >= 4 is 11.6 Å². The van der Waals surface area contributed by atoms with Gasteiger partial charge >= 0.3 is 0 Å². The number of hydrogen-bond donors (Lipinski definition) is 1. The van der Waals surface area contributed by atoms with E-state index in [1.165, 1.54) is 0 Å². The van der Waals surface area contributed by atoms with Crippen molar-refractivity contribution in [2.24, 2.45) is 0 Å². The molecule has 1 aromatic heterocycles. The monoisotopic (exact) mass is 343 g/mol. The summed E-state index contributed by atoms with van der Waals surface area (Å²) in [6, 6.07) is 7.56. The average molecular weight is 343 g/mol. The Kier molecular flexibility index (Phi) is 6.06. The molecule has 0 spiro atoms. The number of rotatable bonds is 7. The van der Waals surface area contributed by atoms with Crippen molar-refractivity contribution < 1.29 is 14.3 Å². The first-order valence-corrected chi connectivity index (χ1v) is 8.92. The molecule has 0 atom stereocenters. The van der Waals surface area contributed by atoms with Crippen LogP contribution in [0.3, 0.4) is 0 Å². The summed E-state index contributed by atoms with van der Waals surface area (Å²) in [4.78, 5) is 12.4. The van der Waals surface area contributed by atoms with Crippen molar-refractivity contribution in [2.45, 2.75) is 38.6 Å². The van der Waals surface area contributed by atoms with Crippen molar-refractivity contribution in [1.82, 2.24) is 9.78 Å². The largest absolute Gasteiger partial charge is 0.494 e. The van der Waals surface area contributed by atoms with E-state index in [0.29, 0.717) is 23.9 Å². The molecular weight excluding hydrogens is 318 g/mol. The van der Waals surface area contributed by atoms with Crippen LogP contribution in [-0.2, 0) is 4.74 Å². The topological polar surface area (TPSA) is 65.4 Å². The first kappa shape index (κ1) is 17.5. The van der Waals surface area contributed by atoms with Crippen LogP contribution in [0.15, 0.2) is 36.7 Å². The van der Waals surface area contributed by atoms with E-state index in [-0.39, 0.29) is 5.91 Å². The predicted octanol–water partition coefficient (Wildman–Crippen LogP) is 3.67. The molecular formula is C19H25N3O3. The van der Waals surface area contributed by atoms with E-state index in [1.807, 2.05) is 23.0 Å². The molecule has 1 N–H and O–H groups in total. The fourth-order valence-electron chi connectivity index (χ4n) is 2.79. The third-order valence-corrected chi connectivity index (χ3v) is 4.31. The minimum absolute atomic E-state index is 0.147. The number of unbranched alkanes of at least 4 members (excludes halogenated alkanes) is 1. The Labute approximate surface area is 148 Å². The second-order valence-corrected chi connectivity index (χ2v) is 6.23. The maximum Gasteiger partial charge on any atom is 0.255 e. The first-order valence-electron chi connectivity index (χ1n) is 8.92. The molecule has 1 fully saturated rings. The molecule has 6 heteroatoms. The summed E-state index contributed by atoms with van der Waals surface area (Å²) in [5.74, 6) is 0.643. The molecule has 1 aliphatic heterocycles. The Bertz CT molecular complexity index is 675.